The van der Waals surface area contributed by atoms with E-state index in [1.807, 2.05) is 48.5 Å². The molecule has 1 unspecified atom stereocenters. The van der Waals surface area contributed by atoms with Crippen LogP contribution in [0.3, 0.4) is 0 Å². The minimum atomic E-state index is -0.276. The number of amides is 2. The van der Waals surface area contributed by atoms with E-state index in [0.29, 0.717) is 19.6 Å². The summed E-state index contributed by atoms with van der Waals surface area (Å²) in [5.74, 6) is 1.06. The number of carbonyl (C=O) groups is 2. The number of nitrogens with zero attached hydrogens (tertiary/aromatic N) is 3. The third-order valence-electron chi connectivity index (χ3n) is 5.43. The fourth-order valence-electron chi connectivity index (χ4n) is 3.57. The fraction of sp³-hybridized carbons (Fsp3) is 0.375. The summed E-state index contributed by atoms with van der Waals surface area (Å²) in [5.41, 5.74) is 2.66. The van der Waals surface area contributed by atoms with E-state index in [4.69, 9.17) is 14.2 Å². The molecule has 170 valence electrons. The summed E-state index contributed by atoms with van der Waals surface area (Å²) in [7, 11) is 4.79. The molecule has 1 atom stereocenters. The van der Waals surface area contributed by atoms with E-state index >= 15 is 0 Å². The van der Waals surface area contributed by atoms with Gasteiger partial charge in [0.15, 0.2) is 0 Å². The minimum absolute atomic E-state index is 0.0647. The predicted molar refractivity (Wildman–Crippen MR) is 121 cm³/mol. The molecule has 0 N–H and O–H groups in total. The van der Waals surface area contributed by atoms with Crippen LogP contribution in [0.2, 0.25) is 0 Å². The molecule has 2 aromatic carbocycles. The molecule has 2 amide bonds. The van der Waals surface area contributed by atoms with Crippen LogP contribution >= 0.6 is 0 Å². The van der Waals surface area contributed by atoms with Crippen LogP contribution in [0.4, 0.5) is 0 Å². The van der Waals surface area contributed by atoms with E-state index in [1.54, 1.807) is 21.3 Å². The van der Waals surface area contributed by atoms with Gasteiger partial charge in [-0.3, -0.25) is 9.59 Å². The second kappa shape index (κ2) is 10.8. The molecular weight excluding hydrogens is 410 g/mol. The van der Waals surface area contributed by atoms with Crippen LogP contribution in [0.25, 0.3) is 0 Å². The zero-order chi connectivity index (χ0) is 23.1. The Kier molecular flexibility index (Phi) is 7.83. The quantitative estimate of drug-likeness (QED) is 0.600. The molecule has 8 nitrogen and oxygen atoms in total. The molecule has 0 saturated carbocycles. The van der Waals surface area contributed by atoms with E-state index < -0.39 is 0 Å². The van der Waals surface area contributed by atoms with Crippen LogP contribution in [-0.2, 0) is 14.3 Å². The van der Waals surface area contributed by atoms with E-state index in [2.05, 4.69) is 5.10 Å². The molecule has 0 bridgehead atoms. The molecule has 1 heterocycles. The summed E-state index contributed by atoms with van der Waals surface area (Å²) in [5, 5.41) is 6.16. The van der Waals surface area contributed by atoms with Crippen molar-refractivity contribution in [2.24, 2.45) is 5.10 Å². The van der Waals surface area contributed by atoms with E-state index in [-0.39, 0.29) is 24.4 Å². The van der Waals surface area contributed by atoms with Gasteiger partial charge in [0.05, 0.1) is 32.6 Å². The minimum Gasteiger partial charge on any atom is -0.497 e. The maximum Gasteiger partial charge on any atom is 0.262 e. The number of carbonyl (C=O) groups excluding carboxylic acids is 2. The smallest absolute Gasteiger partial charge is 0.262 e. The van der Waals surface area contributed by atoms with Crippen molar-refractivity contribution in [1.82, 2.24) is 9.91 Å². The molecular formula is C24H29N3O5. The van der Waals surface area contributed by atoms with Crippen molar-refractivity contribution >= 4 is 17.5 Å². The highest BCUT2D eigenvalue weighted by Gasteiger charge is 2.34. The van der Waals surface area contributed by atoms with E-state index in [0.717, 1.165) is 28.3 Å². The van der Waals surface area contributed by atoms with Gasteiger partial charge in [-0.2, -0.15) is 5.10 Å². The molecule has 0 fully saturated rings. The van der Waals surface area contributed by atoms with Crippen molar-refractivity contribution in [1.29, 1.82) is 0 Å². The Morgan fingerprint density at radius 2 is 1.59 bits per heavy atom. The number of hydrazone groups is 1. The Morgan fingerprint density at radius 1 is 1.00 bits per heavy atom. The lowest BCUT2D eigenvalue weighted by molar-refractivity contribution is -0.141. The Labute approximate surface area is 188 Å². The predicted octanol–water partition coefficient (Wildman–Crippen LogP) is 2.88. The van der Waals surface area contributed by atoms with Crippen LogP contribution in [0.15, 0.2) is 53.6 Å². The first-order valence-corrected chi connectivity index (χ1v) is 10.4. The largest absolute Gasteiger partial charge is 0.497 e. The lowest BCUT2D eigenvalue weighted by atomic mass is 9.98. The van der Waals surface area contributed by atoms with Gasteiger partial charge < -0.3 is 19.1 Å². The first-order chi connectivity index (χ1) is 15.5. The van der Waals surface area contributed by atoms with Gasteiger partial charge in [0, 0.05) is 27.0 Å². The Morgan fingerprint density at radius 3 is 2.12 bits per heavy atom. The molecule has 0 aromatic heterocycles. The average Bonchev–Trinajstić information content (AvgIpc) is 3.27. The van der Waals surface area contributed by atoms with Gasteiger partial charge in [0.1, 0.15) is 18.0 Å². The maximum absolute atomic E-state index is 13.2. The third-order valence-corrected chi connectivity index (χ3v) is 5.43. The number of benzene rings is 2. The van der Waals surface area contributed by atoms with Crippen molar-refractivity contribution < 1.29 is 23.8 Å². The summed E-state index contributed by atoms with van der Waals surface area (Å²) in [6.07, 6.45) is 0.558. The molecule has 0 radical (unpaired) electrons. The van der Waals surface area contributed by atoms with Crippen LogP contribution in [0.1, 0.15) is 30.5 Å². The monoisotopic (exact) mass is 439 g/mol. The molecule has 3 rings (SSSR count). The van der Waals surface area contributed by atoms with Gasteiger partial charge in [0.2, 0.25) is 5.91 Å². The number of hydrogen-bond acceptors (Lipinski definition) is 6. The van der Waals surface area contributed by atoms with Gasteiger partial charge in [-0.1, -0.05) is 12.1 Å². The molecule has 8 heteroatoms. The Bertz CT molecular complexity index is 957. The van der Waals surface area contributed by atoms with Gasteiger partial charge in [-0.25, -0.2) is 5.01 Å². The van der Waals surface area contributed by atoms with Gasteiger partial charge >= 0.3 is 0 Å². The second-order valence-corrected chi connectivity index (χ2v) is 7.44. The van der Waals surface area contributed by atoms with Crippen LogP contribution in [0.5, 0.6) is 11.5 Å². The Hall–Kier alpha value is -3.39. The van der Waals surface area contributed by atoms with Crippen molar-refractivity contribution in [2.75, 3.05) is 41.0 Å². The van der Waals surface area contributed by atoms with Crippen LogP contribution < -0.4 is 9.47 Å². The molecule has 0 spiro atoms. The summed E-state index contributed by atoms with van der Waals surface area (Å²) >= 11 is 0. The average molecular weight is 440 g/mol. The summed E-state index contributed by atoms with van der Waals surface area (Å²) in [6, 6.07) is 14.9. The van der Waals surface area contributed by atoms with Gasteiger partial charge in [-0.05, 0) is 47.5 Å². The first-order valence-electron chi connectivity index (χ1n) is 10.4. The topological polar surface area (TPSA) is 80.7 Å². The number of methoxy groups -OCH3 is 3. The number of rotatable bonds is 9. The lowest BCUT2D eigenvalue weighted by Gasteiger charge is -2.26. The number of ether oxygens (including phenoxy) is 3. The van der Waals surface area contributed by atoms with Gasteiger partial charge in [0.25, 0.3) is 5.91 Å². The maximum atomic E-state index is 13.2. The second-order valence-electron chi connectivity index (χ2n) is 7.44. The lowest BCUT2D eigenvalue weighted by Crippen LogP contribution is -2.41. The highest BCUT2D eigenvalue weighted by atomic mass is 16.5. The first kappa shape index (κ1) is 23.3. The van der Waals surface area contributed by atoms with Gasteiger partial charge in [-0.15, -0.1) is 0 Å². The molecule has 1 aliphatic heterocycles. The zero-order valence-electron chi connectivity index (χ0n) is 18.9. The molecule has 0 saturated heterocycles. The molecule has 2 aromatic rings. The summed E-state index contributed by atoms with van der Waals surface area (Å²) in [4.78, 5) is 26.7. The van der Waals surface area contributed by atoms with Crippen molar-refractivity contribution in [3.05, 3.63) is 59.7 Å². The van der Waals surface area contributed by atoms with E-state index in [1.165, 1.54) is 16.8 Å². The Balaban J connectivity index is 1.88. The SMILES string of the molecule is COCCN(CC(=O)N1N=C(c2ccc(OC)cc2)CC1c1ccc(OC)cc1)C(C)=O. The summed E-state index contributed by atoms with van der Waals surface area (Å²) < 4.78 is 15.6. The summed E-state index contributed by atoms with van der Waals surface area (Å²) in [6.45, 7) is 2.08. The third kappa shape index (κ3) is 5.45. The van der Waals surface area contributed by atoms with Crippen molar-refractivity contribution in [3.8, 4) is 11.5 Å². The normalized spacial score (nSPS) is 15.3. The molecule has 32 heavy (non-hydrogen) atoms. The molecule has 0 aliphatic carbocycles. The fourth-order valence-corrected chi connectivity index (χ4v) is 3.57. The van der Waals surface area contributed by atoms with Crippen LogP contribution in [0, 0.1) is 0 Å². The van der Waals surface area contributed by atoms with E-state index in [9.17, 15) is 9.59 Å². The highest BCUT2D eigenvalue weighted by molar-refractivity contribution is 6.03. The zero-order valence-corrected chi connectivity index (χ0v) is 18.9. The standard InChI is InChI=1S/C24H29N3O5/c1-17(28)26(13-14-30-2)16-24(29)27-23(19-7-11-21(32-4)12-8-19)15-22(25-27)18-5-9-20(31-3)10-6-18/h5-12,23H,13-16H2,1-4H3. The van der Waals surface area contributed by atoms with Crippen LogP contribution in [-0.4, -0.2) is 68.5 Å². The number of hydrogen-bond donors (Lipinski definition) is 0. The van der Waals surface area contributed by atoms with Crippen molar-refractivity contribution in [3.63, 3.8) is 0 Å². The molecule has 1 aliphatic rings. The van der Waals surface area contributed by atoms with Crippen molar-refractivity contribution in [2.45, 2.75) is 19.4 Å². The highest BCUT2D eigenvalue weighted by Crippen LogP contribution is 2.34.